The second-order valence-electron chi connectivity index (χ2n) is 16.4. The average molecular weight is 921 g/mol. The summed E-state index contributed by atoms with van der Waals surface area (Å²) in [5, 5.41) is 19.3. The van der Waals surface area contributed by atoms with Gasteiger partial charge in [0.05, 0.1) is 26.3 Å². The molecule has 1 aliphatic heterocycles. The number of nitrogens with zero attached hydrogens (tertiary/aromatic N) is 3. The van der Waals surface area contributed by atoms with Crippen molar-refractivity contribution in [2.45, 2.75) is 106 Å². The van der Waals surface area contributed by atoms with Crippen molar-refractivity contribution in [3.05, 3.63) is 29.8 Å². The van der Waals surface area contributed by atoms with Gasteiger partial charge in [-0.05, 0) is 61.1 Å². The normalized spacial score (nSPS) is 14.2. The highest BCUT2D eigenvalue weighted by Crippen LogP contribution is 2.26. The van der Waals surface area contributed by atoms with Crippen LogP contribution < -0.4 is 27.0 Å². The number of nitrogens with one attached hydrogen (secondary N) is 4. The third kappa shape index (κ3) is 23.3. The SMILES string of the molecule is CCC(=O)N(CCC(CC)CCCO)CCN(C)C(=O)OCc1ccc(NC(=O)CNC(=O)C(NC(=O)OCCOCCN2C(=O)CC(C(C)C)C2=O)C(C)C)cc1.CCCNC(N)=O. The van der Waals surface area contributed by atoms with Crippen LogP contribution in [-0.2, 0) is 44.8 Å². The molecule has 0 bridgehead atoms. The predicted molar refractivity (Wildman–Crippen MR) is 244 cm³/mol. The van der Waals surface area contributed by atoms with Crippen LogP contribution in [0.2, 0.25) is 0 Å². The number of likely N-dealkylation sites (tertiary alicyclic amines) is 1. The number of rotatable bonds is 28. The summed E-state index contributed by atoms with van der Waals surface area (Å²) < 4.78 is 16.0. The molecule has 1 aromatic rings. The zero-order valence-electron chi connectivity index (χ0n) is 39.8. The molecule has 0 spiro atoms. The number of aliphatic hydroxyl groups is 1. The number of nitrogens with two attached hydrogens (primary N) is 1. The molecule has 1 aromatic carbocycles. The van der Waals surface area contributed by atoms with Gasteiger partial charge < -0.3 is 56.1 Å². The van der Waals surface area contributed by atoms with E-state index in [4.69, 9.17) is 25.1 Å². The smallest absolute Gasteiger partial charge is 0.409 e. The van der Waals surface area contributed by atoms with Crippen molar-refractivity contribution in [1.29, 1.82) is 0 Å². The van der Waals surface area contributed by atoms with Gasteiger partial charge in [-0.25, -0.2) is 14.4 Å². The first-order chi connectivity index (χ1) is 30.9. The van der Waals surface area contributed by atoms with E-state index >= 15 is 0 Å². The number of likely N-dealkylation sites (N-methyl/N-ethyl adjacent to an activating group) is 1. The third-order valence-electron chi connectivity index (χ3n) is 10.6. The minimum Gasteiger partial charge on any atom is -0.447 e. The highest BCUT2D eigenvalue weighted by Gasteiger charge is 2.39. The van der Waals surface area contributed by atoms with Gasteiger partial charge in [0.25, 0.3) is 0 Å². The van der Waals surface area contributed by atoms with E-state index in [9.17, 15) is 38.4 Å². The second-order valence-corrected chi connectivity index (χ2v) is 16.4. The van der Waals surface area contributed by atoms with E-state index in [1.54, 1.807) is 50.1 Å². The summed E-state index contributed by atoms with van der Waals surface area (Å²) in [7, 11) is 1.61. The van der Waals surface area contributed by atoms with Crippen molar-refractivity contribution in [3.8, 4) is 0 Å². The van der Waals surface area contributed by atoms with E-state index in [-0.39, 0.29) is 88.0 Å². The standard InChI is InChI=1S/C41H66N6O11.C4H10N2O/c1-8-30(11-10-21-48)16-17-46(35(50)9-2)19-18-45(7)41(55)58-27-31-12-14-32(15-13-31)43-34(49)26-42-38(52)37(29(5)6)44-40(54)57-24-23-56-22-20-47-36(51)25-33(28(3)4)39(47)53;1-2-3-6-4(5)7/h12-15,28-30,33,37,48H,8-11,16-27H2,1-7H3,(H,42,52)(H,43,49)(H,44,54);2-3H2,1H3,(H3,5,6,7). The number of carbonyl (C=O) groups is 8. The molecular formula is C45H76N8O12. The molecule has 9 amide bonds. The highest BCUT2D eigenvalue weighted by atomic mass is 16.6. The fourth-order valence-corrected chi connectivity index (χ4v) is 6.51. The van der Waals surface area contributed by atoms with Gasteiger partial charge >= 0.3 is 18.2 Å². The fraction of sp³-hybridized carbons (Fsp3) is 0.689. The topological polar surface area (TPSA) is 268 Å². The van der Waals surface area contributed by atoms with Gasteiger partial charge in [-0.2, -0.15) is 0 Å². The Balaban J connectivity index is 0.00000277. The Morgan fingerprint density at radius 3 is 2.15 bits per heavy atom. The summed E-state index contributed by atoms with van der Waals surface area (Å²) in [6.07, 6.45) is 3.59. The molecule has 20 nitrogen and oxygen atoms in total. The number of imide groups is 1. The number of hydrogen-bond acceptors (Lipinski definition) is 12. The molecule has 3 atom stereocenters. The molecule has 1 heterocycles. The number of primary amides is 1. The Morgan fingerprint density at radius 2 is 1.60 bits per heavy atom. The van der Waals surface area contributed by atoms with Gasteiger partial charge in [0.2, 0.25) is 29.5 Å². The Kier molecular flexibility index (Phi) is 28.5. The maximum Gasteiger partial charge on any atom is 0.409 e. The molecule has 20 heteroatoms. The van der Waals surface area contributed by atoms with E-state index in [1.165, 1.54) is 9.80 Å². The van der Waals surface area contributed by atoms with Crippen LogP contribution in [0.5, 0.6) is 0 Å². The van der Waals surface area contributed by atoms with Crippen LogP contribution in [0.15, 0.2) is 24.3 Å². The van der Waals surface area contributed by atoms with Crippen molar-refractivity contribution >= 4 is 53.4 Å². The first-order valence-electron chi connectivity index (χ1n) is 22.7. The molecule has 0 radical (unpaired) electrons. The Hall–Kier alpha value is -5.50. The van der Waals surface area contributed by atoms with E-state index in [0.717, 1.165) is 32.1 Å². The lowest BCUT2D eigenvalue weighted by Gasteiger charge is -2.27. The van der Waals surface area contributed by atoms with Crippen LogP contribution >= 0.6 is 0 Å². The molecule has 0 saturated carbocycles. The lowest BCUT2D eigenvalue weighted by Crippen LogP contribution is -2.51. The Labute approximate surface area is 384 Å². The summed E-state index contributed by atoms with van der Waals surface area (Å²) >= 11 is 0. The lowest BCUT2D eigenvalue weighted by atomic mass is 9.94. The van der Waals surface area contributed by atoms with Gasteiger partial charge in [-0.1, -0.05) is 67.0 Å². The number of hydrogen-bond donors (Lipinski definition) is 6. The zero-order valence-corrected chi connectivity index (χ0v) is 39.8. The number of aliphatic hydroxyl groups excluding tert-OH is 1. The van der Waals surface area contributed by atoms with Gasteiger partial charge in [0.15, 0.2) is 0 Å². The van der Waals surface area contributed by atoms with Crippen molar-refractivity contribution in [2.75, 3.05) is 78.1 Å². The van der Waals surface area contributed by atoms with Crippen molar-refractivity contribution < 1.29 is 57.7 Å². The van der Waals surface area contributed by atoms with Crippen LogP contribution in [-0.4, -0.2) is 146 Å². The summed E-state index contributed by atoms with van der Waals surface area (Å²) in [6, 6.07) is 5.23. The third-order valence-corrected chi connectivity index (χ3v) is 10.6. The number of carbonyl (C=O) groups excluding carboxylic acids is 8. The molecule has 3 unspecified atom stereocenters. The maximum atomic E-state index is 12.9. The van der Waals surface area contributed by atoms with Crippen LogP contribution in [0.1, 0.15) is 99.0 Å². The van der Waals surface area contributed by atoms with E-state index in [1.807, 2.05) is 27.7 Å². The molecule has 0 aliphatic carbocycles. The van der Waals surface area contributed by atoms with Gasteiger partial charge in [-0.3, -0.25) is 28.9 Å². The van der Waals surface area contributed by atoms with E-state index < -0.39 is 36.1 Å². The predicted octanol–water partition coefficient (Wildman–Crippen LogP) is 3.60. The van der Waals surface area contributed by atoms with Crippen LogP contribution in [0.4, 0.5) is 20.1 Å². The molecule has 1 saturated heterocycles. The molecule has 2 rings (SSSR count). The number of amides is 9. The molecule has 1 fully saturated rings. The minimum absolute atomic E-state index is 0.00483. The van der Waals surface area contributed by atoms with Gasteiger partial charge in [-0.15, -0.1) is 0 Å². The van der Waals surface area contributed by atoms with Crippen LogP contribution in [0.25, 0.3) is 0 Å². The maximum absolute atomic E-state index is 12.9. The monoisotopic (exact) mass is 921 g/mol. The zero-order chi connectivity index (χ0) is 48.9. The first kappa shape index (κ1) is 57.5. The summed E-state index contributed by atoms with van der Waals surface area (Å²) in [4.78, 5) is 102. The number of alkyl carbamates (subject to hydrolysis) is 1. The summed E-state index contributed by atoms with van der Waals surface area (Å²) in [6.45, 7) is 15.0. The van der Waals surface area contributed by atoms with Crippen molar-refractivity contribution in [1.82, 2.24) is 30.7 Å². The van der Waals surface area contributed by atoms with Crippen molar-refractivity contribution in [2.24, 2.45) is 29.4 Å². The summed E-state index contributed by atoms with van der Waals surface area (Å²) in [5.74, 6) is -1.62. The quantitative estimate of drug-likeness (QED) is 0.0520. The largest absolute Gasteiger partial charge is 0.447 e. The van der Waals surface area contributed by atoms with E-state index in [2.05, 4.69) is 28.2 Å². The van der Waals surface area contributed by atoms with Crippen LogP contribution in [0.3, 0.4) is 0 Å². The van der Waals surface area contributed by atoms with Crippen LogP contribution in [0, 0.1) is 23.7 Å². The fourth-order valence-electron chi connectivity index (χ4n) is 6.51. The molecular weight excluding hydrogens is 845 g/mol. The minimum atomic E-state index is -0.984. The second kappa shape index (κ2) is 32.2. The van der Waals surface area contributed by atoms with Gasteiger partial charge in [0.1, 0.15) is 19.3 Å². The van der Waals surface area contributed by atoms with Gasteiger partial charge in [0, 0.05) is 64.3 Å². The van der Waals surface area contributed by atoms with Crippen molar-refractivity contribution in [3.63, 3.8) is 0 Å². The highest BCUT2D eigenvalue weighted by molar-refractivity contribution is 6.03. The van der Waals surface area contributed by atoms with E-state index in [0.29, 0.717) is 49.8 Å². The number of ether oxygens (including phenoxy) is 3. The Morgan fingerprint density at radius 1 is 0.908 bits per heavy atom. The Bertz CT molecular complexity index is 1640. The molecule has 65 heavy (non-hydrogen) atoms. The lowest BCUT2D eigenvalue weighted by molar-refractivity contribution is -0.140. The molecule has 7 N–H and O–H groups in total. The average Bonchev–Trinajstić information content (AvgIpc) is 3.57. The summed E-state index contributed by atoms with van der Waals surface area (Å²) in [5.41, 5.74) is 5.87. The molecule has 368 valence electrons. The number of urea groups is 1. The number of benzene rings is 1. The molecule has 0 aromatic heterocycles. The number of anilines is 1. The molecule has 1 aliphatic rings. The first-order valence-corrected chi connectivity index (χ1v) is 22.7.